The number of rotatable bonds is 3. The van der Waals surface area contributed by atoms with E-state index in [1.54, 1.807) is 0 Å². The smallest absolute Gasteiger partial charge is 0.444 e. The summed E-state index contributed by atoms with van der Waals surface area (Å²) in [6.45, 7) is 14.6. The van der Waals surface area contributed by atoms with E-state index in [4.69, 9.17) is 14.0 Å². The normalized spacial score (nSPS) is 21.4. The van der Waals surface area contributed by atoms with Gasteiger partial charge in [-0.3, -0.25) is 4.90 Å². The van der Waals surface area contributed by atoms with Crippen LogP contribution in [0, 0.1) is 0 Å². The number of H-pyrrole nitrogens is 1. The van der Waals surface area contributed by atoms with E-state index in [1.807, 2.05) is 31.9 Å². The van der Waals surface area contributed by atoms with Gasteiger partial charge in [0.05, 0.1) is 29.1 Å². The lowest BCUT2D eigenvalue weighted by atomic mass is 9.78. The Hall–Kier alpha value is -2.84. The van der Waals surface area contributed by atoms with Gasteiger partial charge in [-0.15, -0.1) is 0 Å². The largest absolute Gasteiger partial charge is 0.494 e. The van der Waals surface area contributed by atoms with E-state index in [2.05, 4.69) is 74.1 Å². The Morgan fingerprint density at radius 1 is 1.05 bits per heavy atom. The number of piperidine rings is 1. The Kier molecular flexibility index (Phi) is 6.40. The zero-order chi connectivity index (χ0) is 26.6. The number of carbonyl (C=O) groups excluding carboxylic acids is 1. The minimum absolute atomic E-state index is 0.111. The van der Waals surface area contributed by atoms with Gasteiger partial charge in [0.1, 0.15) is 11.4 Å². The monoisotopic (exact) mass is 503 g/mol. The predicted octanol–water partition coefficient (Wildman–Crippen LogP) is 5.99. The lowest BCUT2D eigenvalue weighted by Gasteiger charge is -2.35. The molecule has 2 aliphatic heterocycles. The average Bonchev–Trinajstić information content (AvgIpc) is 3.39. The van der Waals surface area contributed by atoms with Gasteiger partial charge in [0, 0.05) is 12.1 Å². The number of hydrogen-bond acceptors (Lipinski definition) is 5. The number of imidazole rings is 1. The van der Waals surface area contributed by atoms with Crippen molar-refractivity contribution in [3.05, 3.63) is 48.4 Å². The highest BCUT2D eigenvalue weighted by Gasteiger charge is 2.51. The van der Waals surface area contributed by atoms with E-state index in [0.717, 1.165) is 52.6 Å². The van der Waals surface area contributed by atoms with Crippen molar-refractivity contribution in [1.29, 1.82) is 0 Å². The molecule has 0 unspecified atom stereocenters. The number of nitrogens with zero attached hydrogens (tertiary/aromatic N) is 2. The van der Waals surface area contributed by atoms with Gasteiger partial charge in [0.15, 0.2) is 0 Å². The van der Waals surface area contributed by atoms with Crippen molar-refractivity contribution in [2.24, 2.45) is 0 Å². The molecule has 0 spiro atoms. The van der Waals surface area contributed by atoms with Crippen LogP contribution in [0.15, 0.2) is 42.6 Å². The fourth-order valence-corrected chi connectivity index (χ4v) is 4.97. The number of ether oxygens (including phenoxy) is 1. The molecule has 1 aromatic heterocycles. The zero-order valence-electron chi connectivity index (χ0n) is 23.1. The molecule has 0 radical (unpaired) electrons. The minimum Gasteiger partial charge on any atom is -0.444 e. The molecule has 0 aliphatic carbocycles. The molecule has 1 N–H and O–H groups in total. The molecule has 2 fully saturated rings. The Morgan fingerprint density at radius 2 is 1.73 bits per heavy atom. The van der Waals surface area contributed by atoms with E-state index in [1.165, 1.54) is 0 Å². The number of fused-ring (bicyclic) bond motifs is 1. The average molecular weight is 503 g/mol. The third-order valence-corrected chi connectivity index (χ3v) is 7.74. The van der Waals surface area contributed by atoms with E-state index in [0.29, 0.717) is 6.54 Å². The number of likely N-dealkylation sites (tertiary alicyclic amines) is 1. The molecule has 2 aromatic carbocycles. The van der Waals surface area contributed by atoms with Gasteiger partial charge in [-0.25, -0.2) is 9.78 Å². The van der Waals surface area contributed by atoms with E-state index >= 15 is 0 Å². The van der Waals surface area contributed by atoms with Crippen molar-refractivity contribution in [2.75, 3.05) is 6.54 Å². The first-order chi connectivity index (χ1) is 17.3. The molecule has 196 valence electrons. The van der Waals surface area contributed by atoms with Gasteiger partial charge in [0.25, 0.3) is 0 Å². The number of aromatic amines is 1. The van der Waals surface area contributed by atoms with Crippen LogP contribution in [0.1, 0.15) is 79.6 Å². The summed E-state index contributed by atoms with van der Waals surface area (Å²) < 4.78 is 18.1. The zero-order valence-corrected chi connectivity index (χ0v) is 23.1. The lowest BCUT2D eigenvalue weighted by Crippen LogP contribution is -2.42. The molecule has 0 saturated carbocycles. The molecule has 7 nitrogen and oxygen atoms in total. The van der Waals surface area contributed by atoms with Gasteiger partial charge in [0.2, 0.25) is 0 Å². The van der Waals surface area contributed by atoms with Crippen LogP contribution in [0.25, 0.3) is 22.0 Å². The molecule has 8 heteroatoms. The quantitative estimate of drug-likeness (QED) is 0.445. The van der Waals surface area contributed by atoms with Gasteiger partial charge in [-0.2, -0.15) is 0 Å². The summed E-state index contributed by atoms with van der Waals surface area (Å²) in [6.07, 6.45) is 4.48. The van der Waals surface area contributed by atoms with Crippen molar-refractivity contribution >= 4 is 29.4 Å². The first kappa shape index (κ1) is 25.8. The lowest BCUT2D eigenvalue weighted by molar-refractivity contribution is 0.00578. The highest BCUT2D eigenvalue weighted by Crippen LogP contribution is 2.37. The van der Waals surface area contributed by atoms with Crippen LogP contribution in [0.4, 0.5) is 4.79 Å². The van der Waals surface area contributed by atoms with Gasteiger partial charge in [-0.05, 0) is 90.0 Å². The van der Waals surface area contributed by atoms with Crippen molar-refractivity contribution in [2.45, 2.75) is 90.6 Å². The maximum Gasteiger partial charge on any atom is 0.494 e. The highest BCUT2D eigenvalue weighted by atomic mass is 16.7. The maximum atomic E-state index is 12.9. The Morgan fingerprint density at radius 3 is 2.43 bits per heavy atom. The SMILES string of the molecule is CC(C)(C)OC(=O)N1CCCC[C@H]1c1ncc(-c2ccc3cc(B4OC(C)(C)C(C)(C)O4)ccc3c2)[nH]1. The summed E-state index contributed by atoms with van der Waals surface area (Å²) in [6, 6.07) is 12.6. The molecule has 1 atom stereocenters. The molecule has 37 heavy (non-hydrogen) atoms. The summed E-state index contributed by atoms with van der Waals surface area (Å²) in [7, 11) is -0.382. The second kappa shape index (κ2) is 9.17. The first-order valence-electron chi connectivity index (χ1n) is 13.3. The molecule has 2 saturated heterocycles. The van der Waals surface area contributed by atoms with Crippen LogP contribution in [0.2, 0.25) is 0 Å². The number of nitrogens with one attached hydrogen (secondary N) is 1. The van der Waals surface area contributed by atoms with Crippen LogP contribution in [-0.2, 0) is 14.0 Å². The van der Waals surface area contributed by atoms with Crippen LogP contribution in [-0.4, -0.2) is 51.4 Å². The standard InChI is InChI=1S/C29H38BN3O4/c1-27(2,3)35-26(34)33-15-9-8-10-24(33)25-31-18-23(32-25)21-12-11-20-17-22(14-13-19(20)16-21)30-36-28(4,5)29(6,7)37-30/h11-14,16-18,24H,8-10,15H2,1-7H3,(H,31,32)/t24-/m0/s1. The van der Waals surface area contributed by atoms with Crippen molar-refractivity contribution in [3.63, 3.8) is 0 Å². The molecular formula is C29H38BN3O4. The summed E-state index contributed by atoms with van der Waals surface area (Å²) in [4.78, 5) is 22.8. The van der Waals surface area contributed by atoms with Crippen LogP contribution in [0.3, 0.4) is 0 Å². The third kappa shape index (κ3) is 5.14. The van der Waals surface area contributed by atoms with Gasteiger partial charge >= 0.3 is 13.2 Å². The summed E-state index contributed by atoms with van der Waals surface area (Å²) >= 11 is 0. The molecule has 2 aliphatic rings. The maximum absolute atomic E-state index is 12.9. The van der Waals surface area contributed by atoms with Crippen molar-refractivity contribution in [3.8, 4) is 11.3 Å². The van der Waals surface area contributed by atoms with Gasteiger partial charge in [-0.1, -0.05) is 30.3 Å². The summed E-state index contributed by atoms with van der Waals surface area (Å²) in [5.74, 6) is 0.803. The molecule has 1 amide bonds. The number of amides is 1. The first-order valence-corrected chi connectivity index (χ1v) is 13.3. The van der Waals surface area contributed by atoms with Gasteiger partial charge < -0.3 is 19.0 Å². The Labute approximate surface area is 220 Å². The molecule has 3 heterocycles. The third-order valence-electron chi connectivity index (χ3n) is 7.74. The molecular weight excluding hydrogens is 465 g/mol. The number of carbonyl (C=O) groups is 1. The van der Waals surface area contributed by atoms with Crippen molar-refractivity contribution in [1.82, 2.24) is 14.9 Å². The van der Waals surface area contributed by atoms with Crippen LogP contribution >= 0.6 is 0 Å². The fraction of sp³-hybridized carbons (Fsp3) is 0.517. The van der Waals surface area contributed by atoms with E-state index < -0.39 is 5.60 Å². The minimum atomic E-state index is -0.527. The molecule has 5 rings (SSSR count). The summed E-state index contributed by atoms with van der Waals surface area (Å²) in [5, 5.41) is 2.25. The predicted molar refractivity (Wildman–Crippen MR) is 147 cm³/mol. The number of benzene rings is 2. The summed E-state index contributed by atoms with van der Waals surface area (Å²) in [5.41, 5.74) is 1.73. The molecule has 3 aromatic rings. The number of aromatic nitrogens is 2. The molecule has 0 bridgehead atoms. The topological polar surface area (TPSA) is 76.7 Å². The Balaban J connectivity index is 1.36. The highest BCUT2D eigenvalue weighted by molar-refractivity contribution is 6.62. The Bertz CT molecular complexity index is 1290. The second-order valence-corrected chi connectivity index (χ2v) is 12.3. The van der Waals surface area contributed by atoms with Crippen LogP contribution in [0.5, 0.6) is 0 Å². The van der Waals surface area contributed by atoms with E-state index in [9.17, 15) is 4.79 Å². The fourth-order valence-electron chi connectivity index (χ4n) is 4.97. The second-order valence-electron chi connectivity index (χ2n) is 12.3. The van der Waals surface area contributed by atoms with Crippen LogP contribution < -0.4 is 5.46 Å². The van der Waals surface area contributed by atoms with Crippen molar-refractivity contribution < 1.29 is 18.8 Å². The van der Waals surface area contributed by atoms with E-state index in [-0.39, 0.29) is 30.5 Å². The number of hydrogen-bond donors (Lipinski definition) is 1.